The monoisotopic (exact) mass is 279 g/mol. The van der Waals surface area contributed by atoms with Gasteiger partial charge in [-0.05, 0) is 19.4 Å². The molecule has 0 saturated carbocycles. The summed E-state index contributed by atoms with van der Waals surface area (Å²) in [5, 5.41) is 13.4. The lowest BCUT2D eigenvalue weighted by atomic mass is 9.89. The fourth-order valence-electron chi connectivity index (χ4n) is 2.43. The van der Waals surface area contributed by atoms with Gasteiger partial charge in [0.05, 0.1) is 10.3 Å². The molecular formula is C12H17N5O3. The van der Waals surface area contributed by atoms with Crippen LogP contribution < -0.4 is 16.0 Å². The van der Waals surface area contributed by atoms with Crippen molar-refractivity contribution >= 4 is 23.2 Å². The molecule has 1 unspecified atom stereocenters. The zero-order valence-electron chi connectivity index (χ0n) is 11.4. The first-order chi connectivity index (χ1) is 9.37. The van der Waals surface area contributed by atoms with E-state index in [0.717, 1.165) is 0 Å². The Hall–Kier alpha value is -2.38. The summed E-state index contributed by atoms with van der Waals surface area (Å²) in [6, 6.07) is 2.90. The van der Waals surface area contributed by atoms with Gasteiger partial charge >= 0.3 is 5.69 Å². The predicted octanol–water partition coefficient (Wildman–Crippen LogP) is 0.534. The maximum Gasteiger partial charge on any atom is 0.311 e. The summed E-state index contributed by atoms with van der Waals surface area (Å²) in [5.74, 6) is 0.427. The van der Waals surface area contributed by atoms with Crippen molar-refractivity contribution in [3.8, 4) is 0 Å². The summed E-state index contributed by atoms with van der Waals surface area (Å²) < 4.78 is 0. The number of hydrogen-bond donors (Lipinski definition) is 2. The molecule has 1 aliphatic heterocycles. The van der Waals surface area contributed by atoms with Crippen molar-refractivity contribution in [2.45, 2.75) is 13.3 Å². The van der Waals surface area contributed by atoms with E-state index in [1.54, 1.807) is 13.1 Å². The van der Waals surface area contributed by atoms with E-state index in [1.165, 1.54) is 6.07 Å². The number of rotatable bonds is 3. The molecule has 3 N–H and O–H groups in total. The molecule has 1 aromatic rings. The lowest BCUT2D eigenvalue weighted by Gasteiger charge is -2.23. The fourth-order valence-corrected chi connectivity index (χ4v) is 2.43. The lowest BCUT2D eigenvalue weighted by Crippen LogP contribution is -2.39. The minimum absolute atomic E-state index is 0.0186. The van der Waals surface area contributed by atoms with Crippen LogP contribution in [0.3, 0.4) is 0 Å². The van der Waals surface area contributed by atoms with Gasteiger partial charge in [-0.15, -0.1) is 0 Å². The minimum atomic E-state index is -0.565. The van der Waals surface area contributed by atoms with E-state index in [2.05, 4.69) is 10.3 Å². The van der Waals surface area contributed by atoms with Crippen molar-refractivity contribution in [1.82, 2.24) is 10.3 Å². The first-order valence-electron chi connectivity index (χ1n) is 6.25. The predicted molar refractivity (Wildman–Crippen MR) is 74.3 cm³/mol. The van der Waals surface area contributed by atoms with E-state index in [0.29, 0.717) is 25.3 Å². The average molecular weight is 279 g/mol. The molecule has 1 aliphatic rings. The molecule has 8 heteroatoms. The Morgan fingerprint density at radius 2 is 2.30 bits per heavy atom. The number of amides is 1. The smallest absolute Gasteiger partial charge is 0.311 e. The van der Waals surface area contributed by atoms with Crippen molar-refractivity contribution in [3.63, 3.8) is 0 Å². The number of nitrogen functional groups attached to an aromatic ring is 1. The normalized spacial score (nSPS) is 21.8. The van der Waals surface area contributed by atoms with E-state index in [4.69, 9.17) is 5.73 Å². The summed E-state index contributed by atoms with van der Waals surface area (Å²) in [7, 11) is 1.61. The molecule has 0 radical (unpaired) electrons. The number of nitrogens with one attached hydrogen (secondary N) is 1. The fraction of sp³-hybridized carbons (Fsp3) is 0.500. The van der Waals surface area contributed by atoms with Crippen LogP contribution >= 0.6 is 0 Å². The van der Waals surface area contributed by atoms with Crippen molar-refractivity contribution in [2.24, 2.45) is 5.41 Å². The van der Waals surface area contributed by atoms with Crippen molar-refractivity contribution in [2.75, 3.05) is 30.8 Å². The van der Waals surface area contributed by atoms with E-state index in [9.17, 15) is 14.9 Å². The van der Waals surface area contributed by atoms with Gasteiger partial charge in [0.25, 0.3) is 0 Å². The zero-order chi connectivity index (χ0) is 14.9. The molecule has 0 aliphatic carbocycles. The van der Waals surface area contributed by atoms with E-state index in [-0.39, 0.29) is 17.4 Å². The number of carbonyl (C=O) groups excluding carboxylic acids is 1. The molecule has 1 fully saturated rings. The molecule has 1 atom stereocenters. The molecule has 108 valence electrons. The van der Waals surface area contributed by atoms with Crippen LogP contribution in [0.25, 0.3) is 0 Å². The summed E-state index contributed by atoms with van der Waals surface area (Å²) in [6.07, 6.45) is 0.700. The third-order valence-electron chi connectivity index (χ3n) is 3.66. The second-order valence-corrected chi connectivity index (χ2v) is 5.14. The third-order valence-corrected chi connectivity index (χ3v) is 3.66. The third kappa shape index (κ3) is 2.36. The second-order valence-electron chi connectivity index (χ2n) is 5.14. The molecule has 2 heterocycles. The molecule has 1 amide bonds. The van der Waals surface area contributed by atoms with Crippen molar-refractivity contribution < 1.29 is 9.72 Å². The Kier molecular flexibility index (Phi) is 3.47. The quantitative estimate of drug-likeness (QED) is 0.616. The zero-order valence-corrected chi connectivity index (χ0v) is 11.4. The number of aromatic nitrogens is 1. The molecule has 0 bridgehead atoms. The second kappa shape index (κ2) is 4.95. The first kappa shape index (κ1) is 14.0. The number of nitro groups is 1. The van der Waals surface area contributed by atoms with Gasteiger partial charge in [0.1, 0.15) is 5.82 Å². The number of pyridine rings is 1. The molecule has 0 aromatic carbocycles. The molecule has 2 rings (SSSR count). The Morgan fingerprint density at radius 1 is 1.60 bits per heavy atom. The average Bonchev–Trinajstić information content (AvgIpc) is 2.81. The molecule has 20 heavy (non-hydrogen) atoms. The van der Waals surface area contributed by atoms with Crippen LogP contribution in [0.1, 0.15) is 13.3 Å². The Labute approximate surface area is 116 Å². The van der Waals surface area contributed by atoms with Crippen LogP contribution in [0, 0.1) is 15.5 Å². The van der Waals surface area contributed by atoms with Gasteiger partial charge in [0.2, 0.25) is 11.7 Å². The van der Waals surface area contributed by atoms with Gasteiger partial charge in [-0.25, -0.2) is 4.98 Å². The molecule has 1 saturated heterocycles. The van der Waals surface area contributed by atoms with Gasteiger partial charge in [-0.3, -0.25) is 14.9 Å². The summed E-state index contributed by atoms with van der Waals surface area (Å²) >= 11 is 0. The Balaban J connectivity index is 2.21. The van der Waals surface area contributed by atoms with Gasteiger partial charge in [0, 0.05) is 26.2 Å². The van der Waals surface area contributed by atoms with Crippen LogP contribution in [0.4, 0.5) is 17.3 Å². The lowest BCUT2D eigenvalue weighted by molar-refractivity contribution is -0.384. The molecule has 8 nitrogen and oxygen atoms in total. The molecular weight excluding hydrogens is 262 g/mol. The highest BCUT2D eigenvalue weighted by atomic mass is 16.6. The SMILES string of the molecule is CNC(=O)C1(C)CCN(c2ccc([N+](=O)[O-])c(N)n2)C1. The maximum atomic E-state index is 11.9. The Morgan fingerprint density at radius 3 is 2.85 bits per heavy atom. The topological polar surface area (TPSA) is 114 Å². The van der Waals surface area contributed by atoms with Crippen LogP contribution in [0.5, 0.6) is 0 Å². The van der Waals surface area contributed by atoms with Gasteiger partial charge in [-0.1, -0.05) is 0 Å². The first-order valence-corrected chi connectivity index (χ1v) is 6.25. The van der Waals surface area contributed by atoms with Crippen molar-refractivity contribution in [3.05, 3.63) is 22.2 Å². The summed E-state index contributed by atoms with van der Waals surface area (Å²) in [5.41, 5.74) is 4.90. The van der Waals surface area contributed by atoms with Crippen LogP contribution in [0.15, 0.2) is 12.1 Å². The Bertz CT molecular complexity index is 562. The number of carbonyl (C=O) groups is 1. The largest absolute Gasteiger partial charge is 0.378 e. The highest BCUT2D eigenvalue weighted by Crippen LogP contribution is 2.33. The van der Waals surface area contributed by atoms with E-state index < -0.39 is 10.3 Å². The summed E-state index contributed by atoms with van der Waals surface area (Å²) in [4.78, 5) is 28.0. The van der Waals surface area contributed by atoms with Crippen LogP contribution in [0.2, 0.25) is 0 Å². The van der Waals surface area contributed by atoms with Gasteiger partial charge in [0.15, 0.2) is 0 Å². The number of nitrogens with zero attached hydrogens (tertiary/aromatic N) is 3. The number of hydrogen-bond acceptors (Lipinski definition) is 6. The van der Waals surface area contributed by atoms with Crippen molar-refractivity contribution in [1.29, 1.82) is 0 Å². The van der Waals surface area contributed by atoms with Gasteiger partial charge < -0.3 is 16.0 Å². The highest BCUT2D eigenvalue weighted by molar-refractivity contribution is 5.83. The number of anilines is 2. The van der Waals surface area contributed by atoms with Crippen LogP contribution in [-0.2, 0) is 4.79 Å². The standard InChI is InChI=1S/C12H17N5O3/c1-12(11(18)14-2)5-6-16(7-12)9-4-3-8(17(19)20)10(13)15-9/h3-4H,5-7H2,1-2H3,(H2,13,15)(H,14,18). The van der Waals surface area contributed by atoms with E-state index >= 15 is 0 Å². The highest BCUT2D eigenvalue weighted by Gasteiger charge is 2.40. The minimum Gasteiger partial charge on any atom is -0.378 e. The maximum absolute atomic E-state index is 11.9. The molecule has 1 aromatic heterocycles. The summed E-state index contributed by atoms with van der Waals surface area (Å²) in [6.45, 7) is 3.06. The van der Waals surface area contributed by atoms with Gasteiger partial charge in [-0.2, -0.15) is 0 Å². The van der Waals surface area contributed by atoms with E-state index in [1.807, 2.05) is 11.8 Å². The van der Waals surface area contributed by atoms with Crippen LogP contribution in [-0.4, -0.2) is 36.0 Å². The number of nitrogens with two attached hydrogens (primary N) is 1. The molecule has 0 spiro atoms.